The van der Waals surface area contributed by atoms with Crippen molar-refractivity contribution in [3.63, 3.8) is 0 Å². The van der Waals surface area contributed by atoms with Crippen LogP contribution in [0.1, 0.15) is 11.1 Å². The molecule has 0 N–H and O–H groups in total. The van der Waals surface area contributed by atoms with Gasteiger partial charge in [-0.3, -0.25) is 14.5 Å². The lowest BCUT2D eigenvalue weighted by atomic mass is 10.0. The second kappa shape index (κ2) is 6.93. The number of hydrogen-bond acceptors (Lipinski definition) is 4. The van der Waals surface area contributed by atoms with Gasteiger partial charge in [0.15, 0.2) is 9.84 Å². The van der Waals surface area contributed by atoms with Gasteiger partial charge < -0.3 is 4.90 Å². The van der Waals surface area contributed by atoms with Crippen molar-refractivity contribution >= 4 is 44.6 Å². The number of benzene rings is 3. The molecule has 2 aliphatic rings. The Morgan fingerprint density at radius 2 is 1.61 bits per heavy atom. The number of sulfone groups is 1. The molecule has 2 amide bonds. The Morgan fingerprint density at radius 3 is 2.35 bits per heavy atom. The van der Waals surface area contributed by atoms with E-state index in [4.69, 9.17) is 11.6 Å². The predicted molar refractivity (Wildman–Crippen MR) is 118 cm³/mol. The van der Waals surface area contributed by atoms with Crippen molar-refractivity contribution < 1.29 is 18.0 Å². The molecule has 0 aliphatic carbocycles. The molecular formula is C23H17ClN2O4S. The number of amides is 2. The Balaban J connectivity index is 1.76. The van der Waals surface area contributed by atoms with Gasteiger partial charge in [-0.15, -0.1) is 0 Å². The lowest BCUT2D eigenvalue weighted by Crippen LogP contribution is -2.54. The topological polar surface area (TPSA) is 74.8 Å². The van der Waals surface area contributed by atoms with Gasteiger partial charge in [0.05, 0.1) is 12.2 Å². The number of para-hydroxylation sites is 1. The summed E-state index contributed by atoms with van der Waals surface area (Å²) < 4.78 is 27.0. The molecule has 31 heavy (non-hydrogen) atoms. The molecule has 156 valence electrons. The largest absolute Gasteiger partial charge is 0.304 e. The van der Waals surface area contributed by atoms with Crippen LogP contribution in [-0.2, 0) is 30.8 Å². The van der Waals surface area contributed by atoms with E-state index < -0.39 is 32.3 Å². The molecule has 1 fully saturated rings. The van der Waals surface area contributed by atoms with Crippen LogP contribution >= 0.6 is 11.6 Å². The second-order valence-electron chi connectivity index (χ2n) is 7.51. The standard InChI is InChI=1S/C23H17ClN2O4S/c24-17-9-6-10-18(13-17)26-21(27)15-31(29,30)23(26)19-11-4-5-12-20(19)25(22(23)28)14-16-7-2-1-3-8-16/h1-13H,14-15H2/t23-/m0/s1. The van der Waals surface area contributed by atoms with E-state index in [2.05, 4.69) is 0 Å². The first-order chi connectivity index (χ1) is 14.9. The van der Waals surface area contributed by atoms with Crippen molar-refractivity contribution in [1.29, 1.82) is 0 Å². The van der Waals surface area contributed by atoms with E-state index in [-0.39, 0.29) is 17.8 Å². The zero-order chi connectivity index (χ0) is 21.8. The molecule has 1 spiro atoms. The SMILES string of the molecule is O=C1CS(=O)(=O)[C@@]2(C(=O)N(Cc3ccccc3)c3ccccc32)N1c1cccc(Cl)c1. The van der Waals surface area contributed by atoms with Gasteiger partial charge >= 0.3 is 0 Å². The predicted octanol–water partition coefficient (Wildman–Crippen LogP) is 3.50. The molecule has 1 atom stereocenters. The van der Waals surface area contributed by atoms with Crippen LogP contribution in [0.2, 0.25) is 5.02 Å². The van der Waals surface area contributed by atoms with Crippen molar-refractivity contribution in [1.82, 2.24) is 0 Å². The van der Waals surface area contributed by atoms with E-state index in [9.17, 15) is 18.0 Å². The molecule has 2 aliphatic heterocycles. The first-order valence-corrected chi connectivity index (χ1v) is 11.7. The monoisotopic (exact) mass is 452 g/mol. The number of rotatable bonds is 3. The zero-order valence-electron chi connectivity index (χ0n) is 16.2. The fraction of sp³-hybridized carbons (Fsp3) is 0.130. The summed E-state index contributed by atoms with van der Waals surface area (Å²) in [6.07, 6.45) is 0. The van der Waals surface area contributed by atoms with Crippen LogP contribution < -0.4 is 9.80 Å². The first-order valence-electron chi connectivity index (χ1n) is 9.62. The highest BCUT2D eigenvalue weighted by Gasteiger charge is 2.69. The van der Waals surface area contributed by atoms with Gasteiger partial charge in [0.2, 0.25) is 5.91 Å². The minimum atomic E-state index is -4.19. The normalized spacial score (nSPS) is 21.7. The molecular weight excluding hydrogens is 436 g/mol. The summed E-state index contributed by atoms with van der Waals surface area (Å²) in [6.45, 7) is 0.186. The first kappa shape index (κ1) is 19.8. The third-order valence-corrected chi connectivity index (χ3v) is 8.01. The quantitative estimate of drug-likeness (QED) is 0.609. The van der Waals surface area contributed by atoms with E-state index in [1.807, 2.05) is 30.3 Å². The van der Waals surface area contributed by atoms with E-state index >= 15 is 0 Å². The fourth-order valence-corrected chi connectivity index (χ4v) is 6.65. The lowest BCUT2D eigenvalue weighted by molar-refractivity contribution is -0.123. The van der Waals surface area contributed by atoms with E-state index in [0.717, 1.165) is 10.5 Å². The molecule has 3 aromatic rings. The van der Waals surface area contributed by atoms with E-state index in [1.165, 1.54) is 11.0 Å². The third kappa shape index (κ3) is 2.73. The Kier molecular flexibility index (Phi) is 4.42. The zero-order valence-corrected chi connectivity index (χ0v) is 17.8. The van der Waals surface area contributed by atoms with Crippen molar-refractivity contribution in [3.8, 4) is 0 Å². The number of hydrogen-bond donors (Lipinski definition) is 0. The average Bonchev–Trinajstić information content (AvgIpc) is 3.12. The smallest absolute Gasteiger partial charge is 0.274 e. The Morgan fingerprint density at radius 1 is 0.903 bits per heavy atom. The van der Waals surface area contributed by atoms with Gasteiger partial charge in [-0.25, -0.2) is 8.42 Å². The number of anilines is 2. The summed E-state index contributed by atoms with van der Waals surface area (Å²) in [5, 5.41) is 0.338. The molecule has 0 saturated carbocycles. The minimum absolute atomic E-state index is 0.186. The number of carbonyl (C=O) groups excluding carboxylic acids is 2. The van der Waals surface area contributed by atoms with E-state index in [0.29, 0.717) is 10.7 Å². The number of fused-ring (bicyclic) bond motifs is 2. The number of nitrogens with zero attached hydrogens (tertiary/aromatic N) is 2. The van der Waals surface area contributed by atoms with Gasteiger partial charge in [-0.2, -0.15) is 0 Å². The molecule has 0 bridgehead atoms. The summed E-state index contributed by atoms with van der Waals surface area (Å²) in [4.78, 5) is 27.3. The minimum Gasteiger partial charge on any atom is -0.304 e. The van der Waals surface area contributed by atoms with Crippen molar-refractivity contribution in [2.75, 3.05) is 15.6 Å². The maximum absolute atomic E-state index is 13.9. The summed E-state index contributed by atoms with van der Waals surface area (Å²) in [5.41, 5.74) is 1.87. The Hall–Kier alpha value is -3.16. The summed E-state index contributed by atoms with van der Waals surface area (Å²) in [7, 11) is -4.19. The molecule has 5 rings (SSSR count). The maximum Gasteiger partial charge on any atom is 0.274 e. The fourth-order valence-electron chi connectivity index (χ4n) is 4.43. The maximum atomic E-state index is 13.9. The molecule has 0 unspecified atom stereocenters. The van der Waals surface area contributed by atoms with Crippen molar-refractivity contribution in [2.45, 2.75) is 11.4 Å². The highest BCUT2D eigenvalue weighted by atomic mass is 35.5. The van der Waals surface area contributed by atoms with Gasteiger partial charge in [-0.1, -0.05) is 66.2 Å². The van der Waals surface area contributed by atoms with Gasteiger partial charge in [-0.05, 0) is 29.8 Å². The van der Waals surface area contributed by atoms with Gasteiger partial charge in [0.25, 0.3) is 10.8 Å². The highest BCUT2D eigenvalue weighted by molar-refractivity contribution is 7.94. The molecule has 0 radical (unpaired) electrons. The van der Waals surface area contributed by atoms with Crippen LogP contribution in [0.3, 0.4) is 0 Å². The van der Waals surface area contributed by atoms with Crippen LogP contribution in [0.15, 0.2) is 78.9 Å². The molecule has 0 aromatic heterocycles. The molecule has 2 heterocycles. The summed E-state index contributed by atoms with van der Waals surface area (Å²) in [5.74, 6) is -2.07. The van der Waals surface area contributed by atoms with E-state index in [1.54, 1.807) is 42.5 Å². The van der Waals surface area contributed by atoms with Gasteiger partial charge in [0.1, 0.15) is 5.75 Å². The molecule has 1 saturated heterocycles. The third-order valence-electron chi connectivity index (χ3n) is 5.67. The van der Waals surface area contributed by atoms with Crippen LogP contribution in [0.5, 0.6) is 0 Å². The molecule has 8 heteroatoms. The van der Waals surface area contributed by atoms with Crippen molar-refractivity contribution in [3.05, 3.63) is 95.0 Å². The highest BCUT2D eigenvalue weighted by Crippen LogP contribution is 2.52. The lowest BCUT2D eigenvalue weighted by Gasteiger charge is -2.32. The Bertz CT molecular complexity index is 1330. The Labute approximate surface area is 184 Å². The van der Waals surface area contributed by atoms with Crippen LogP contribution in [0.4, 0.5) is 11.4 Å². The summed E-state index contributed by atoms with van der Waals surface area (Å²) >= 11 is 6.13. The van der Waals surface area contributed by atoms with Crippen LogP contribution in [-0.4, -0.2) is 26.0 Å². The van der Waals surface area contributed by atoms with Gasteiger partial charge in [0, 0.05) is 16.3 Å². The average molecular weight is 453 g/mol. The second-order valence-corrected chi connectivity index (χ2v) is 10.1. The molecule has 3 aromatic carbocycles. The number of halogens is 1. The summed E-state index contributed by atoms with van der Waals surface area (Å²) in [6, 6.07) is 22.4. The van der Waals surface area contributed by atoms with Crippen molar-refractivity contribution in [2.24, 2.45) is 0 Å². The number of carbonyl (C=O) groups is 2. The molecule has 6 nitrogen and oxygen atoms in total. The van der Waals surface area contributed by atoms with Crippen LogP contribution in [0.25, 0.3) is 0 Å². The van der Waals surface area contributed by atoms with Crippen LogP contribution in [0, 0.1) is 0 Å².